The molecule has 4 heteroatoms. The Balaban J connectivity index is 1.72. The minimum Gasteiger partial charge on any atom is -0.348 e. The second kappa shape index (κ2) is 5.03. The molecule has 0 spiro atoms. The molecule has 0 N–H and O–H groups in total. The molecule has 4 nitrogen and oxygen atoms in total. The molecule has 3 rings (SSSR count). The molecule has 0 unspecified atom stereocenters. The standard InChI is InChI=1S/C15H19N3O/c1-12-10-13-14(4-2-5-15(13)19)18(12)8-3-7-17-9-6-16-11-17/h6,9-11H,2-5,7-8H2,1H3. The molecule has 100 valence electrons. The van der Waals surface area contributed by atoms with Crippen LogP contribution in [0.15, 0.2) is 24.8 Å². The maximum Gasteiger partial charge on any atom is 0.164 e. The van der Waals surface area contributed by atoms with Crippen molar-refractivity contribution in [2.24, 2.45) is 0 Å². The first-order valence-electron chi connectivity index (χ1n) is 6.93. The number of Topliss-reactive ketones (excluding diaryl/α,β-unsaturated/α-hetero) is 1. The molecule has 0 saturated carbocycles. The lowest BCUT2D eigenvalue weighted by molar-refractivity contribution is 0.0971. The second-order valence-electron chi connectivity index (χ2n) is 5.23. The molecule has 19 heavy (non-hydrogen) atoms. The number of aromatic nitrogens is 3. The van der Waals surface area contributed by atoms with Crippen LogP contribution in [0.25, 0.3) is 0 Å². The van der Waals surface area contributed by atoms with Crippen molar-refractivity contribution in [3.8, 4) is 0 Å². The van der Waals surface area contributed by atoms with E-state index in [-0.39, 0.29) is 0 Å². The average molecular weight is 257 g/mol. The molecule has 0 radical (unpaired) electrons. The van der Waals surface area contributed by atoms with Crippen molar-refractivity contribution >= 4 is 5.78 Å². The quantitative estimate of drug-likeness (QED) is 0.844. The number of rotatable bonds is 4. The van der Waals surface area contributed by atoms with Crippen LogP contribution in [0.2, 0.25) is 0 Å². The van der Waals surface area contributed by atoms with Crippen molar-refractivity contribution in [3.05, 3.63) is 41.7 Å². The number of imidazole rings is 1. The molecule has 0 bridgehead atoms. The molecule has 0 amide bonds. The topological polar surface area (TPSA) is 39.8 Å². The third-order valence-corrected chi connectivity index (χ3v) is 3.89. The summed E-state index contributed by atoms with van der Waals surface area (Å²) in [6, 6.07) is 2.06. The molecule has 1 aliphatic rings. The Labute approximate surface area is 113 Å². The fraction of sp³-hybridized carbons (Fsp3) is 0.467. The van der Waals surface area contributed by atoms with Crippen LogP contribution in [0.5, 0.6) is 0 Å². The predicted molar refractivity (Wildman–Crippen MR) is 73.3 cm³/mol. The zero-order valence-corrected chi connectivity index (χ0v) is 11.3. The summed E-state index contributed by atoms with van der Waals surface area (Å²) in [6.07, 6.45) is 9.46. The fourth-order valence-corrected chi connectivity index (χ4v) is 2.93. The monoisotopic (exact) mass is 257 g/mol. The zero-order valence-electron chi connectivity index (χ0n) is 11.3. The van der Waals surface area contributed by atoms with Gasteiger partial charge in [-0.15, -0.1) is 0 Å². The second-order valence-corrected chi connectivity index (χ2v) is 5.23. The number of ketones is 1. The van der Waals surface area contributed by atoms with Gasteiger partial charge >= 0.3 is 0 Å². The summed E-state index contributed by atoms with van der Waals surface area (Å²) in [5.74, 6) is 0.317. The summed E-state index contributed by atoms with van der Waals surface area (Å²) >= 11 is 0. The van der Waals surface area contributed by atoms with Crippen molar-refractivity contribution in [2.45, 2.75) is 45.7 Å². The highest BCUT2D eigenvalue weighted by atomic mass is 16.1. The van der Waals surface area contributed by atoms with Crippen LogP contribution in [0.3, 0.4) is 0 Å². The van der Waals surface area contributed by atoms with Gasteiger partial charge in [-0.2, -0.15) is 0 Å². The lowest BCUT2D eigenvalue weighted by Gasteiger charge is -2.16. The van der Waals surface area contributed by atoms with Gasteiger partial charge in [-0.25, -0.2) is 4.98 Å². The summed E-state index contributed by atoms with van der Waals surface area (Å²) in [5, 5.41) is 0. The van der Waals surface area contributed by atoms with Crippen molar-refractivity contribution in [1.82, 2.24) is 14.1 Å². The Morgan fingerprint density at radius 3 is 3.00 bits per heavy atom. The number of hydrogen-bond donors (Lipinski definition) is 0. The van der Waals surface area contributed by atoms with E-state index >= 15 is 0 Å². The van der Waals surface area contributed by atoms with E-state index in [1.165, 1.54) is 11.4 Å². The molecule has 2 heterocycles. The summed E-state index contributed by atoms with van der Waals surface area (Å²) in [6.45, 7) is 4.05. The molecule has 0 atom stereocenters. The maximum atomic E-state index is 11.9. The number of carbonyl (C=O) groups is 1. The zero-order chi connectivity index (χ0) is 13.2. The number of nitrogens with zero attached hydrogens (tertiary/aromatic N) is 3. The van der Waals surface area contributed by atoms with Crippen molar-refractivity contribution < 1.29 is 4.79 Å². The Kier molecular flexibility index (Phi) is 3.23. The van der Waals surface area contributed by atoms with Gasteiger partial charge in [0.05, 0.1) is 6.33 Å². The molecule has 0 fully saturated rings. The molecule has 2 aromatic rings. The van der Waals surface area contributed by atoms with Gasteiger partial charge in [0.1, 0.15) is 0 Å². The smallest absolute Gasteiger partial charge is 0.164 e. The van der Waals surface area contributed by atoms with Crippen LogP contribution >= 0.6 is 0 Å². The molecular formula is C15H19N3O. The van der Waals surface area contributed by atoms with Gasteiger partial charge in [-0.05, 0) is 32.3 Å². The maximum absolute atomic E-state index is 11.9. The molecule has 2 aromatic heterocycles. The highest BCUT2D eigenvalue weighted by molar-refractivity contribution is 5.98. The third-order valence-electron chi connectivity index (χ3n) is 3.89. The Morgan fingerprint density at radius 1 is 1.32 bits per heavy atom. The van der Waals surface area contributed by atoms with Gasteiger partial charge in [0.2, 0.25) is 0 Å². The predicted octanol–water partition coefficient (Wildman–Crippen LogP) is 2.60. The third kappa shape index (κ3) is 2.35. The van der Waals surface area contributed by atoms with E-state index in [1.54, 1.807) is 6.20 Å². The van der Waals surface area contributed by atoms with Crippen LogP contribution in [-0.2, 0) is 19.5 Å². The summed E-state index contributed by atoms with van der Waals surface area (Å²) in [5.41, 5.74) is 3.43. The van der Waals surface area contributed by atoms with Crippen LogP contribution in [-0.4, -0.2) is 19.9 Å². The first-order valence-corrected chi connectivity index (χ1v) is 6.93. The summed E-state index contributed by atoms with van der Waals surface area (Å²) in [7, 11) is 0. The highest BCUT2D eigenvalue weighted by Gasteiger charge is 2.22. The Morgan fingerprint density at radius 2 is 2.21 bits per heavy atom. The molecule has 0 aromatic carbocycles. The first-order chi connectivity index (χ1) is 9.25. The molecule has 0 aliphatic heterocycles. The fourth-order valence-electron chi connectivity index (χ4n) is 2.93. The van der Waals surface area contributed by atoms with E-state index in [0.717, 1.165) is 37.9 Å². The van der Waals surface area contributed by atoms with Crippen LogP contribution in [0.4, 0.5) is 0 Å². The summed E-state index contributed by atoms with van der Waals surface area (Å²) < 4.78 is 4.42. The van der Waals surface area contributed by atoms with Crippen molar-refractivity contribution in [3.63, 3.8) is 0 Å². The minimum absolute atomic E-state index is 0.317. The summed E-state index contributed by atoms with van der Waals surface area (Å²) in [4.78, 5) is 15.9. The van der Waals surface area contributed by atoms with Gasteiger partial charge in [0.15, 0.2) is 5.78 Å². The normalized spacial score (nSPS) is 14.7. The van der Waals surface area contributed by atoms with E-state index < -0.39 is 0 Å². The Bertz CT molecular complexity index is 581. The number of carbonyl (C=O) groups excluding carboxylic acids is 1. The number of hydrogen-bond acceptors (Lipinski definition) is 2. The van der Waals surface area contributed by atoms with Crippen LogP contribution in [0.1, 0.15) is 41.0 Å². The largest absolute Gasteiger partial charge is 0.348 e. The number of fused-ring (bicyclic) bond motifs is 1. The van der Waals surface area contributed by atoms with Crippen molar-refractivity contribution in [2.75, 3.05) is 0 Å². The van der Waals surface area contributed by atoms with Crippen molar-refractivity contribution in [1.29, 1.82) is 0 Å². The van der Waals surface area contributed by atoms with E-state index in [0.29, 0.717) is 12.2 Å². The highest BCUT2D eigenvalue weighted by Crippen LogP contribution is 2.25. The first kappa shape index (κ1) is 12.2. The molecule has 0 saturated heterocycles. The lowest BCUT2D eigenvalue weighted by Crippen LogP contribution is -2.14. The SMILES string of the molecule is Cc1cc2c(n1CCCn1ccnc1)CCCC2=O. The lowest BCUT2D eigenvalue weighted by atomic mass is 9.96. The van der Waals surface area contributed by atoms with E-state index in [1.807, 2.05) is 12.5 Å². The number of aryl methyl sites for hydroxylation is 2. The average Bonchev–Trinajstić information content (AvgIpc) is 3.00. The molecular weight excluding hydrogens is 238 g/mol. The minimum atomic E-state index is 0.317. The van der Waals surface area contributed by atoms with Gasteiger partial charge in [-0.3, -0.25) is 4.79 Å². The Hall–Kier alpha value is -1.84. The van der Waals surface area contributed by atoms with Gasteiger partial charge in [0, 0.05) is 48.9 Å². The van der Waals surface area contributed by atoms with E-state index in [4.69, 9.17) is 0 Å². The van der Waals surface area contributed by atoms with Crippen LogP contribution < -0.4 is 0 Å². The van der Waals surface area contributed by atoms with E-state index in [2.05, 4.69) is 27.1 Å². The van der Waals surface area contributed by atoms with Gasteiger partial charge in [-0.1, -0.05) is 0 Å². The van der Waals surface area contributed by atoms with E-state index in [9.17, 15) is 4.79 Å². The van der Waals surface area contributed by atoms with Gasteiger partial charge < -0.3 is 9.13 Å². The molecule has 1 aliphatic carbocycles. The van der Waals surface area contributed by atoms with Crippen LogP contribution in [0, 0.1) is 6.92 Å². The van der Waals surface area contributed by atoms with Gasteiger partial charge in [0.25, 0.3) is 0 Å².